The average molecular weight is 355 g/mol. The van der Waals surface area contributed by atoms with Crippen LogP contribution in [0.4, 0.5) is 13.2 Å². The molecule has 0 aromatic carbocycles. The van der Waals surface area contributed by atoms with Gasteiger partial charge in [0, 0.05) is 0 Å². The number of morpholine rings is 1. The van der Waals surface area contributed by atoms with Gasteiger partial charge in [-0.1, -0.05) is 12.2 Å². The zero-order valence-corrected chi connectivity index (χ0v) is 12.0. The van der Waals surface area contributed by atoms with Crippen molar-refractivity contribution >= 4 is 33.5 Å². The Bertz CT molecular complexity index is 491. The van der Waals surface area contributed by atoms with E-state index in [1.54, 1.807) is 0 Å². The Morgan fingerprint density at radius 2 is 2.32 bits per heavy atom. The minimum atomic E-state index is -2.89. The van der Waals surface area contributed by atoms with Crippen LogP contribution in [0.3, 0.4) is 0 Å². The Morgan fingerprint density at radius 3 is 2.95 bits per heavy atom. The summed E-state index contributed by atoms with van der Waals surface area (Å²) in [6, 6.07) is 1.87. The number of ether oxygens (including phenoxy) is 1. The maximum Gasteiger partial charge on any atom is 0.264 e. The molecule has 1 unspecified atom stereocenters. The number of aromatic nitrogens is 1. The van der Waals surface area contributed by atoms with Crippen molar-refractivity contribution in [3.8, 4) is 0 Å². The Morgan fingerprint density at radius 1 is 1.58 bits per heavy atom. The maximum atomic E-state index is 13.8. The van der Waals surface area contributed by atoms with Crippen LogP contribution in [-0.2, 0) is 10.3 Å². The van der Waals surface area contributed by atoms with Crippen molar-refractivity contribution in [2.45, 2.75) is 18.0 Å². The predicted molar refractivity (Wildman–Crippen MR) is 71.0 cm³/mol. The SMILES string of the molecule is Fc1ccc(Br)nc1[C@]1(C(F)F)COCC(C=S)N1. The molecule has 104 valence electrons. The van der Waals surface area contributed by atoms with Crippen LogP contribution in [0.25, 0.3) is 0 Å². The molecular formula is C11H10BrF3N2OS. The number of pyridine rings is 1. The van der Waals surface area contributed by atoms with E-state index in [0.29, 0.717) is 0 Å². The molecule has 8 heteroatoms. The minimum absolute atomic E-state index is 0.174. The molecule has 1 aromatic rings. The first-order valence-corrected chi connectivity index (χ1v) is 6.67. The third-order valence-corrected chi connectivity index (χ3v) is 3.61. The summed E-state index contributed by atoms with van der Waals surface area (Å²) in [5.41, 5.74) is -2.37. The number of thiocarbonyl (C=S) groups is 1. The second kappa shape index (κ2) is 5.82. The Balaban J connectivity index is 2.49. The van der Waals surface area contributed by atoms with E-state index in [9.17, 15) is 13.2 Å². The molecule has 2 heterocycles. The van der Waals surface area contributed by atoms with Gasteiger partial charge in [0.2, 0.25) is 0 Å². The van der Waals surface area contributed by atoms with Crippen LogP contribution < -0.4 is 5.32 Å². The van der Waals surface area contributed by atoms with Gasteiger partial charge in [-0.15, -0.1) is 0 Å². The Kier molecular flexibility index (Phi) is 4.54. The molecule has 1 aliphatic heterocycles. The van der Waals surface area contributed by atoms with Crippen molar-refractivity contribution in [2.24, 2.45) is 0 Å². The lowest BCUT2D eigenvalue weighted by Gasteiger charge is -2.40. The van der Waals surface area contributed by atoms with Crippen molar-refractivity contribution in [3.05, 3.63) is 28.2 Å². The molecule has 0 bridgehead atoms. The van der Waals surface area contributed by atoms with Crippen molar-refractivity contribution < 1.29 is 17.9 Å². The molecule has 0 amide bonds. The molecule has 0 radical (unpaired) electrons. The summed E-state index contributed by atoms with van der Waals surface area (Å²) < 4.78 is 46.2. The van der Waals surface area contributed by atoms with Crippen LogP contribution in [0.2, 0.25) is 0 Å². The topological polar surface area (TPSA) is 34.1 Å². The molecular weight excluding hydrogens is 345 g/mol. The molecule has 3 nitrogen and oxygen atoms in total. The van der Waals surface area contributed by atoms with E-state index in [-0.39, 0.29) is 23.5 Å². The molecule has 1 N–H and O–H groups in total. The van der Waals surface area contributed by atoms with Crippen LogP contribution in [0.5, 0.6) is 0 Å². The first-order valence-electron chi connectivity index (χ1n) is 5.41. The van der Waals surface area contributed by atoms with Gasteiger partial charge < -0.3 is 4.74 Å². The van der Waals surface area contributed by atoms with Crippen LogP contribution >= 0.6 is 28.1 Å². The van der Waals surface area contributed by atoms with Gasteiger partial charge in [0.1, 0.15) is 21.7 Å². The minimum Gasteiger partial charge on any atom is -0.377 e. The summed E-state index contributed by atoms with van der Waals surface area (Å²) in [7, 11) is 0. The van der Waals surface area contributed by atoms with E-state index in [2.05, 4.69) is 26.2 Å². The highest BCUT2D eigenvalue weighted by Crippen LogP contribution is 2.33. The number of rotatable bonds is 3. The second-order valence-electron chi connectivity index (χ2n) is 4.14. The largest absolute Gasteiger partial charge is 0.377 e. The number of nitrogens with one attached hydrogen (secondary N) is 1. The number of nitrogens with zero attached hydrogens (tertiary/aromatic N) is 1. The van der Waals surface area contributed by atoms with Gasteiger partial charge in [0.15, 0.2) is 0 Å². The summed E-state index contributed by atoms with van der Waals surface area (Å²) in [4.78, 5) is 3.83. The summed E-state index contributed by atoms with van der Waals surface area (Å²) in [6.45, 7) is -0.196. The van der Waals surface area contributed by atoms with Crippen LogP contribution in [0, 0.1) is 5.82 Å². The highest BCUT2D eigenvalue weighted by molar-refractivity contribution is 9.10. The summed E-state index contributed by atoms with van der Waals surface area (Å²) >= 11 is 7.78. The summed E-state index contributed by atoms with van der Waals surface area (Å²) in [5, 5.41) is 3.93. The van der Waals surface area contributed by atoms with Crippen molar-refractivity contribution in [1.82, 2.24) is 10.3 Å². The average Bonchev–Trinajstić information content (AvgIpc) is 2.41. The highest BCUT2D eigenvalue weighted by atomic mass is 79.9. The fraction of sp³-hybridized carbons (Fsp3) is 0.455. The molecule has 2 atom stereocenters. The van der Waals surface area contributed by atoms with E-state index in [1.807, 2.05) is 0 Å². The van der Waals surface area contributed by atoms with Crippen molar-refractivity contribution in [3.63, 3.8) is 0 Å². The molecule has 1 aliphatic rings. The van der Waals surface area contributed by atoms with Gasteiger partial charge in [-0.25, -0.2) is 18.2 Å². The Labute approximate surface area is 121 Å². The molecule has 1 saturated heterocycles. The lowest BCUT2D eigenvalue weighted by molar-refractivity contribution is -0.0733. The normalized spacial score (nSPS) is 27.5. The lowest BCUT2D eigenvalue weighted by atomic mass is 9.93. The number of halogens is 4. The molecule has 0 saturated carbocycles. The fourth-order valence-electron chi connectivity index (χ4n) is 1.93. The van der Waals surface area contributed by atoms with Crippen LogP contribution in [0.15, 0.2) is 16.7 Å². The van der Waals surface area contributed by atoms with E-state index >= 15 is 0 Å². The van der Waals surface area contributed by atoms with E-state index in [1.165, 1.54) is 11.4 Å². The zero-order chi connectivity index (χ0) is 14.0. The smallest absolute Gasteiger partial charge is 0.264 e. The highest BCUT2D eigenvalue weighted by Gasteiger charge is 2.48. The van der Waals surface area contributed by atoms with Gasteiger partial charge in [0.25, 0.3) is 6.43 Å². The van der Waals surface area contributed by atoms with E-state index in [0.717, 1.165) is 6.07 Å². The van der Waals surface area contributed by atoms with Gasteiger partial charge in [-0.05, 0) is 33.4 Å². The van der Waals surface area contributed by atoms with Crippen LogP contribution in [-0.4, -0.2) is 36.0 Å². The van der Waals surface area contributed by atoms with Crippen molar-refractivity contribution in [1.29, 1.82) is 0 Å². The zero-order valence-electron chi connectivity index (χ0n) is 9.58. The number of alkyl halides is 2. The fourth-order valence-corrected chi connectivity index (χ4v) is 2.39. The van der Waals surface area contributed by atoms with Gasteiger partial charge in [-0.2, -0.15) is 0 Å². The molecule has 1 aromatic heterocycles. The standard InChI is InChI=1S/C11H10BrF3N2OS/c12-8-2-1-7(13)9(16-8)11(10(14)15)5-18-3-6(4-19)17-11/h1-2,4,6,10,17H,3,5H2/t6?,11-/m0/s1. The number of hydrogen-bond donors (Lipinski definition) is 1. The van der Waals surface area contributed by atoms with E-state index in [4.69, 9.17) is 17.0 Å². The van der Waals surface area contributed by atoms with Crippen molar-refractivity contribution in [2.75, 3.05) is 13.2 Å². The second-order valence-corrected chi connectivity index (χ2v) is 5.22. The first kappa shape index (κ1) is 14.8. The number of hydrogen-bond acceptors (Lipinski definition) is 4. The van der Waals surface area contributed by atoms with Gasteiger partial charge in [0.05, 0.1) is 19.3 Å². The quantitative estimate of drug-likeness (QED) is 0.667. The maximum absolute atomic E-state index is 13.8. The predicted octanol–water partition coefficient (Wildman–Crippen LogP) is 2.43. The summed E-state index contributed by atoms with van der Waals surface area (Å²) in [5.74, 6) is -0.815. The Hall–Kier alpha value is -0.570. The molecule has 19 heavy (non-hydrogen) atoms. The lowest BCUT2D eigenvalue weighted by Crippen LogP contribution is -2.61. The summed E-state index contributed by atoms with van der Waals surface area (Å²) in [6.07, 6.45) is -2.89. The third-order valence-electron chi connectivity index (χ3n) is 2.84. The monoisotopic (exact) mass is 354 g/mol. The molecule has 0 aliphatic carbocycles. The first-order chi connectivity index (χ1) is 8.99. The van der Waals surface area contributed by atoms with Gasteiger partial charge in [-0.3, -0.25) is 5.32 Å². The molecule has 0 spiro atoms. The van der Waals surface area contributed by atoms with Gasteiger partial charge >= 0.3 is 0 Å². The molecule has 2 rings (SSSR count). The molecule has 1 fully saturated rings. The third kappa shape index (κ3) is 2.81. The van der Waals surface area contributed by atoms with Crippen LogP contribution in [0.1, 0.15) is 5.69 Å². The van der Waals surface area contributed by atoms with E-state index < -0.39 is 23.8 Å².